The van der Waals surface area contributed by atoms with Gasteiger partial charge in [-0.2, -0.15) is 0 Å². The molecule has 1 aromatic carbocycles. The Hall–Kier alpha value is -1.62. The molecule has 16 heavy (non-hydrogen) atoms. The summed E-state index contributed by atoms with van der Waals surface area (Å²) in [5.41, 5.74) is 6.72. The molecule has 0 unspecified atom stereocenters. The number of nitrogens with two attached hydrogens (primary N) is 1. The van der Waals surface area contributed by atoms with E-state index in [4.69, 9.17) is 17.3 Å². The van der Waals surface area contributed by atoms with Gasteiger partial charge in [0.25, 0.3) is 0 Å². The lowest BCUT2D eigenvalue weighted by atomic mass is 10.2. The Balaban J connectivity index is 2.57. The number of benzene rings is 1. The summed E-state index contributed by atoms with van der Waals surface area (Å²) in [4.78, 5) is 11.2. The van der Waals surface area contributed by atoms with E-state index >= 15 is 0 Å². The van der Waals surface area contributed by atoms with E-state index in [2.05, 4.69) is 10.3 Å². The minimum atomic E-state index is -0.467. The van der Waals surface area contributed by atoms with Crippen molar-refractivity contribution in [3.05, 3.63) is 23.2 Å². The number of hydrogen-bond donors (Lipinski definition) is 1. The van der Waals surface area contributed by atoms with Crippen LogP contribution in [-0.2, 0) is 4.79 Å². The van der Waals surface area contributed by atoms with Crippen molar-refractivity contribution < 1.29 is 4.79 Å². The molecule has 2 aromatic rings. The van der Waals surface area contributed by atoms with Gasteiger partial charge in [0, 0.05) is 5.02 Å². The van der Waals surface area contributed by atoms with Crippen LogP contribution in [0.3, 0.4) is 0 Å². The van der Waals surface area contributed by atoms with Crippen LogP contribution in [0.4, 0.5) is 0 Å². The Kier molecular flexibility index (Phi) is 2.78. The molecule has 0 spiro atoms. The van der Waals surface area contributed by atoms with Crippen LogP contribution in [0.25, 0.3) is 11.0 Å². The topological polar surface area (TPSA) is 73.8 Å². The van der Waals surface area contributed by atoms with Crippen LogP contribution in [0.1, 0.15) is 19.4 Å². The third kappa shape index (κ3) is 1.74. The van der Waals surface area contributed by atoms with Crippen LogP contribution < -0.4 is 5.73 Å². The Morgan fingerprint density at radius 3 is 3.00 bits per heavy atom. The molecular weight excluding hydrogens is 228 g/mol. The van der Waals surface area contributed by atoms with Crippen molar-refractivity contribution in [2.24, 2.45) is 5.73 Å². The van der Waals surface area contributed by atoms with Crippen molar-refractivity contribution in [3.8, 4) is 0 Å². The Morgan fingerprint density at radius 1 is 1.62 bits per heavy atom. The van der Waals surface area contributed by atoms with Crippen molar-refractivity contribution >= 4 is 28.5 Å². The number of halogens is 1. The number of fused-ring (bicyclic) bond motifs is 1. The minimum absolute atomic E-state index is 0.413. The summed E-state index contributed by atoms with van der Waals surface area (Å²) in [6.07, 6.45) is 0.580. The van der Waals surface area contributed by atoms with Crippen molar-refractivity contribution in [2.75, 3.05) is 0 Å². The molecule has 1 amide bonds. The predicted octanol–water partition coefficient (Wildman–Crippen LogP) is 1.52. The van der Waals surface area contributed by atoms with Gasteiger partial charge in [-0.25, -0.2) is 4.68 Å². The van der Waals surface area contributed by atoms with E-state index in [0.29, 0.717) is 17.0 Å². The van der Waals surface area contributed by atoms with Gasteiger partial charge in [-0.05, 0) is 24.6 Å². The molecule has 0 saturated carbocycles. The zero-order chi connectivity index (χ0) is 11.7. The highest BCUT2D eigenvalue weighted by molar-refractivity contribution is 6.31. The lowest BCUT2D eigenvalue weighted by Gasteiger charge is -2.11. The first kappa shape index (κ1) is 10.9. The molecule has 5 nitrogen and oxygen atoms in total. The summed E-state index contributed by atoms with van der Waals surface area (Å²) in [5, 5.41) is 8.48. The number of carbonyl (C=O) groups is 1. The van der Waals surface area contributed by atoms with Gasteiger partial charge in [0.15, 0.2) is 0 Å². The minimum Gasteiger partial charge on any atom is -0.368 e. The first-order valence-electron chi connectivity index (χ1n) is 4.93. The van der Waals surface area contributed by atoms with Crippen LogP contribution in [0.5, 0.6) is 0 Å². The van der Waals surface area contributed by atoms with Crippen molar-refractivity contribution in [2.45, 2.75) is 19.4 Å². The maximum atomic E-state index is 11.2. The van der Waals surface area contributed by atoms with E-state index in [1.54, 1.807) is 18.2 Å². The highest BCUT2D eigenvalue weighted by atomic mass is 35.5. The molecule has 0 bridgehead atoms. The molecule has 1 aromatic heterocycles. The average Bonchev–Trinajstić information content (AvgIpc) is 2.62. The molecule has 0 aliphatic rings. The molecule has 2 N–H and O–H groups in total. The highest BCUT2D eigenvalue weighted by Crippen LogP contribution is 2.20. The second-order valence-corrected chi connectivity index (χ2v) is 3.93. The van der Waals surface area contributed by atoms with Crippen LogP contribution in [0.15, 0.2) is 18.2 Å². The fourth-order valence-corrected chi connectivity index (χ4v) is 1.81. The summed E-state index contributed by atoms with van der Waals surface area (Å²) in [7, 11) is 0. The smallest absolute Gasteiger partial charge is 0.242 e. The average molecular weight is 239 g/mol. The third-order valence-electron chi connectivity index (χ3n) is 2.44. The predicted molar refractivity (Wildman–Crippen MR) is 61.1 cm³/mol. The van der Waals surface area contributed by atoms with Crippen molar-refractivity contribution in [3.63, 3.8) is 0 Å². The van der Waals surface area contributed by atoms with E-state index in [0.717, 1.165) is 5.52 Å². The van der Waals surface area contributed by atoms with Crippen LogP contribution in [0, 0.1) is 0 Å². The number of aromatic nitrogens is 3. The van der Waals surface area contributed by atoms with E-state index in [9.17, 15) is 4.79 Å². The first-order chi connectivity index (χ1) is 7.63. The number of nitrogens with zero attached hydrogens (tertiary/aromatic N) is 3. The van der Waals surface area contributed by atoms with Gasteiger partial charge in [0.1, 0.15) is 11.6 Å². The molecule has 1 heterocycles. The second-order valence-electron chi connectivity index (χ2n) is 3.49. The molecule has 0 fully saturated rings. The van der Waals surface area contributed by atoms with E-state index < -0.39 is 11.9 Å². The molecule has 2 rings (SSSR count). The fraction of sp³-hybridized carbons (Fsp3) is 0.300. The molecular formula is C10H11ClN4O. The zero-order valence-electron chi connectivity index (χ0n) is 8.72. The second kappa shape index (κ2) is 4.09. The lowest BCUT2D eigenvalue weighted by molar-refractivity contribution is -0.121. The summed E-state index contributed by atoms with van der Waals surface area (Å²) < 4.78 is 1.54. The van der Waals surface area contributed by atoms with Gasteiger partial charge in [-0.1, -0.05) is 23.7 Å². The maximum Gasteiger partial charge on any atom is 0.242 e. The maximum absolute atomic E-state index is 11.2. The normalized spacial score (nSPS) is 12.9. The van der Waals surface area contributed by atoms with Crippen LogP contribution in [-0.4, -0.2) is 20.9 Å². The van der Waals surface area contributed by atoms with E-state index in [1.165, 1.54) is 4.68 Å². The molecule has 0 aliphatic carbocycles. The molecule has 84 valence electrons. The molecule has 1 atom stereocenters. The largest absolute Gasteiger partial charge is 0.368 e. The number of hydrogen-bond acceptors (Lipinski definition) is 3. The van der Waals surface area contributed by atoms with Gasteiger partial charge >= 0.3 is 0 Å². The van der Waals surface area contributed by atoms with E-state index in [-0.39, 0.29) is 0 Å². The SMILES string of the molecule is CC[C@@H](C(N)=O)n1nnc2cc(Cl)ccc21. The van der Waals surface area contributed by atoms with Gasteiger partial charge in [0.05, 0.1) is 5.52 Å². The van der Waals surface area contributed by atoms with E-state index in [1.807, 2.05) is 6.92 Å². The van der Waals surface area contributed by atoms with Crippen LogP contribution in [0.2, 0.25) is 5.02 Å². The fourth-order valence-electron chi connectivity index (χ4n) is 1.64. The van der Waals surface area contributed by atoms with Gasteiger partial charge < -0.3 is 5.73 Å². The lowest BCUT2D eigenvalue weighted by Crippen LogP contribution is -2.26. The number of rotatable bonds is 3. The monoisotopic (exact) mass is 238 g/mol. The van der Waals surface area contributed by atoms with Crippen molar-refractivity contribution in [1.82, 2.24) is 15.0 Å². The highest BCUT2D eigenvalue weighted by Gasteiger charge is 2.18. The summed E-state index contributed by atoms with van der Waals surface area (Å²) in [6, 6.07) is 4.75. The zero-order valence-corrected chi connectivity index (χ0v) is 9.48. The Labute approximate surface area is 97.2 Å². The molecule has 0 saturated heterocycles. The number of carbonyl (C=O) groups excluding carboxylic acids is 1. The Morgan fingerprint density at radius 2 is 2.38 bits per heavy atom. The van der Waals surface area contributed by atoms with Gasteiger partial charge in [-0.15, -0.1) is 5.10 Å². The van der Waals surface area contributed by atoms with Crippen LogP contribution >= 0.6 is 11.6 Å². The van der Waals surface area contributed by atoms with Gasteiger partial charge in [-0.3, -0.25) is 4.79 Å². The summed E-state index contributed by atoms with van der Waals surface area (Å²) >= 11 is 5.84. The molecule has 0 aliphatic heterocycles. The quantitative estimate of drug-likeness (QED) is 0.881. The summed E-state index contributed by atoms with van der Waals surface area (Å²) in [6.45, 7) is 1.87. The van der Waals surface area contributed by atoms with Crippen molar-refractivity contribution in [1.29, 1.82) is 0 Å². The Bertz CT molecular complexity index is 537. The standard InChI is InChI=1S/C10H11ClN4O/c1-2-8(10(12)16)15-9-4-3-6(11)5-7(9)13-14-15/h3-5,8H,2H2,1H3,(H2,12,16)/t8-/m0/s1. The third-order valence-corrected chi connectivity index (χ3v) is 2.68. The first-order valence-corrected chi connectivity index (χ1v) is 5.31. The molecule has 0 radical (unpaired) electrons. The number of amides is 1. The summed E-state index contributed by atoms with van der Waals surface area (Å²) in [5.74, 6) is -0.413. The molecule has 6 heteroatoms. The number of primary amides is 1. The van der Waals surface area contributed by atoms with Gasteiger partial charge in [0.2, 0.25) is 5.91 Å².